The normalized spacial score (nSPS) is 14.6. The van der Waals surface area contributed by atoms with Crippen molar-refractivity contribution >= 4 is 11.8 Å². The van der Waals surface area contributed by atoms with Crippen molar-refractivity contribution in [2.75, 3.05) is 12.8 Å². The smallest absolute Gasteiger partial charge is 0.128 e. The Kier molecular flexibility index (Phi) is 6.00. The van der Waals surface area contributed by atoms with Crippen molar-refractivity contribution < 1.29 is 4.39 Å². The molecule has 1 rings (SSSR count). The molecular weight excluding hydrogens is 233 g/mol. The summed E-state index contributed by atoms with van der Waals surface area (Å²) in [7, 11) is 1.89. The Morgan fingerprint density at radius 2 is 2.12 bits per heavy atom. The third-order valence-corrected chi connectivity index (χ3v) is 4.43. The lowest BCUT2D eigenvalue weighted by Crippen LogP contribution is -2.21. The molecule has 1 aromatic carbocycles. The van der Waals surface area contributed by atoms with Gasteiger partial charge < -0.3 is 5.32 Å². The number of rotatable bonds is 6. The van der Waals surface area contributed by atoms with Gasteiger partial charge in [-0.15, -0.1) is 0 Å². The average Bonchev–Trinajstić information content (AvgIpc) is 2.33. The highest BCUT2D eigenvalue weighted by Gasteiger charge is 2.15. The maximum absolute atomic E-state index is 13.8. The molecule has 0 aliphatic heterocycles. The molecule has 0 spiro atoms. The van der Waals surface area contributed by atoms with Crippen LogP contribution >= 0.6 is 11.8 Å². The summed E-state index contributed by atoms with van der Waals surface area (Å²) >= 11 is 1.89. The van der Waals surface area contributed by atoms with E-state index in [1.165, 1.54) is 0 Å². The number of hydrogen-bond donors (Lipinski definition) is 1. The number of thioether (sulfide) groups is 1. The molecule has 0 aromatic heterocycles. The number of halogens is 1. The minimum absolute atomic E-state index is 0.0916. The Morgan fingerprint density at radius 1 is 1.41 bits per heavy atom. The molecule has 0 aliphatic rings. The topological polar surface area (TPSA) is 12.0 Å². The highest BCUT2D eigenvalue weighted by molar-refractivity contribution is 7.99. The quantitative estimate of drug-likeness (QED) is 0.826. The molecule has 0 saturated carbocycles. The molecule has 2 unspecified atom stereocenters. The Labute approximate surface area is 108 Å². The lowest BCUT2D eigenvalue weighted by molar-refractivity contribution is 0.564. The average molecular weight is 255 g/mol. The standard InChI is InChI=1S/C14H22FNS/c1-5-11(3)17-9-14(16-4)12-8-10(2)6-7-13(12)15/h6-8,11,14,16H,5,9H2,1-4H3. The van der Waals surface area contributed by atoms with Gasteiger partial charge in [-0.05, 0) is 26.5 Å². The number of hydrogen-bond acceptors (Lipinski definition) is 2. The summed E-state index contributed by atoms with van der Waals surface area (Å²) in [5.41, 5.74) is 1.89. The molecule has 17 heavy (non-hydrogen) atoms. The summed E-state index contributed by atoms with van der Waals surface area (Å²) < 4.78 is 13.8. The molecule has 2 atom stereocenters. The van der Waals surface area contributed by atoms with Crippen LogP contribution in [0.1, 0.15) is 37.4 Å². The fourth-order valence-corrected chi connectivity index (χ4v) is 2.74. The van der Waals surface area contributed by atoms with Crippen molar-refractivity contribution in [2.45, 2.75) is 38.5 Å². The van der Waals surface area contributed by atoms with Gasteiger partial charge in [0.1, 0.15) is 5.82 Å². The Balaban J connectivity index is 2.75. The van der Waals surface area contributed by atoms with E-state index in [-0.39, 0.29) is 11.9 Å². The van der Waals surface area contributed by atoms with Gasteiger partial charge in [0.2, 0.25) is 0 Å². The summed E-state index contributed by atoms with van der Waals surface area (Å²) in [4.78, 5) is 0. The van der Waals surface area contributed by atoms with E-state index in [1.807, 2.05) is 37.9 Å². The second kappa shape index (κ2) is 7.02. The minimum Gasteiger partial charge on any atom is -0.312 e. The number of aryl methyl sites for hydroxylation is 1. The Bertz CT molecular complexity index is 354. The largest absolute Gasteiger partial charge is 0.312 e. The van der Waals surface area contributed by atoms with Gasteiger partial charge in [0.25, 0.3) is 0 Å². The third-order valence-electron chi connectivity index (χ3n) is 3.00. The third kappa shape index (κ3) is 4.32. The summed E-state index contributed by atoms with van der Waals surface area (Å²) in [5, 5.41) is 3.83. The van der Waals surface area contributed by atoms with E-state index in [9.17, 15) is 4.39 Å². The van der Waals surface area contributed by atoms with E-state index in [2.05, 4.69) is 19.2 Å². The van der Waals surface area contributed by atoms with E-state index in [0.717, 1.165) is 23.3 Å². The van der Waals surface area contributed by atoms with Crippen LogP contribution in [-0.2, 0) is 0 Å². The number of nitrogens with one attached hydrogen (secondary N) is 1. The van der Waals surface area contributed by atoms with Gasteiger partial charge in [0.05, 0.1) is 0 Å². The minimum atomic E-state index is -0.111. The first kappa shape index (κ1) is 14.5. The molecule has 0 aliphatic carbocycles. The highest BCUT2D eigenvalue weighted by Crippen LogP contribution is 2.25. The molecule has 1 N–H and O–H groups in total. The second-order valence-electron chi connectivity index (χ2n) is 4.42. The Morgan fingerprint density at radius 3 is 2.71 bits per heavy atom. The highest BCUT2D eigenvalue weighted by atomic mass is 32.2. The van der Waals surface area contributed by atoms with Crippen molar-refractivity contribution in [2.24, 2.45) is 0 Å². The van der Waals surface area contributed by atoms with Crippen molar-refractivity contribution in [3.63, 3.8) is 0 Å². The van der Waals surface area contributed by atoms with Crippen LogP contribution in [0.2, 0.25) is 0 Å². The van der Waals surface area contributed by atoms with Crippen molar-refractivity contribution in [1.29, 1.82) is 0 Å². The lowest BCUT2D eigenvalue weighted by atomic mass is 10.1. The fraction of sp³-hybridized carbons (Fsp3) is 0.571. The molecule has 0 fully saturated rings. The molecule has 0 heterocycles. The molecule has 96 valence electrons. The van der Waals surface area contributed by atoms with Gasteiger partial charge in [-0.2, -0.15) is 11.8 Å². The van der Waals surface area contributed by atoms with Gasteiger partial charge in [-0.1, -0.05) is 31.5 Å². The molecule has 0 radical (unpaired) electrons. The van der Waals surface area contributed by atoms with Gasteiger partial charge in [-0.3, -0.25) is 0 Å². The molecule has 3 heteroatoms. The van der Waals surface area contributed by atoms with Crippen LogP contribution in [-0.4, -0.2) is 18.1 Å². The van der Waals surface area contributed by atoms with Crippen LogP contribution in [0.15, 0.2) is 18.2 Å². The molecule has 0 saturated heterocycles. The number of benzene rings is 1. The zero-order chi connectivity index (χ0) is 12.8. The summed E-state index contributed by atoms with van der Waals surface area (Å²) in [6.45, 7) is 6.39. The predicted octanol–water partition coefficient (Wildman–Crippen LogP) is 3.93. The van der Waals surface area contributed by atoms with Gasteiger partial charge in [0.15, 0.2) is 0 Å². The molecular formula is C14H22FNS. The van der Waals surface area contributed by atoms with E-state index >= 15 is 0 Å². The van der Waals surface area contributed by atoms with Crippen LogP contribution < -0.4 is 5.32 Å². The van der Waals surface area contributed by atoms with E-state index < -0.39 is 0 Å². The molecule has 0 amide bonds. The van der Waals surface area contributed by atoms with Gasteiger partial charge >= 0.3 is 0 Å². The van der Waals surface area contributed by atoms with Crippen LogP contribution in [0.5, 0.6) is 0 Å². The maximum Gasteiger partial charge on any atom is 0.128 e. The molecule has 1 aromatic rings. The first-order chi connectivity index (χ1) is 8.08. The predicted molar refractivity (Wildman–Crippen MR) is 75.1 cm³/mol. The first-order valence-corrected chi connectivity index (χ1v) is 7.18. The zero-order valence-electron chi connectivity index (χ0n) is 11.1. The van der Waals surface area contributed by atoms with Crippen LogP contribution in [0.25, 0.3) is 0 Å². The maximum atomic E-state index is 13.8. The van der Waals surface area contributed by atoms with E-state index in [0.29, 0.717) is 5.25 Å². The first-order valence-electron chi connectivity index (χ1n) is 6.13. The van der Waals surface area contributed by atoms with Crippen molar-refractivity contribution in [1.82, 2.24) is 5.32 Å². The van der Waals surface area contributed by atoms with Crippen molar-refractivity contribution in [3.05, 3.63) is 35.1 Å². The molecule has 1 nitrogen and oxygen atoms in total. The second-order valence-corrected chi connectivity index (χ2v) is 5.89. The monoisotopic (exact) mass is 255 g/mol. The Hall–Kier alpha value is -0.540. The lowest BCUT2D eigenvalue weighted by Gasteiger charge is -2.19. The fourth-order valence-electron chi connectivity index (χ4n) is 1.64. The summed E-state index contributed by atoms with van der Waals surface area (Å²) in [5.74, 6) is 0.797. The SMILES string of the molecule is CCC(C)SCC(NC)c1cc(C)ccc1F. The van der Waals surface area contributed by atoms with E-state index in [1.54, 1.807) is 6.07 Å². The van der Waals surface area contributed by atoms with Gasteiger partial charge in [0, 0.05) is 22.6 Å². The van der Waals surface area contributed by atoms with Crippen LogP contribution in [0.3, 0.4) is 0 Å². The van der Waals surface area contributed by atoms with Crippen LogP contribution in [0, 0.1) is 12.7 Å². The zero-order valence-corrected chi connectivity index (χ0v) is 11.9. The van der Waals surface area contributed by atoms with Crippen molar-refractivity contribution in [3.8, 4) is 0 Å². The summed E-state index contributed by atoms with van der Waals surface area (Å²) in [6.07, 6.45) is 1.15. The molecule has 0 bridgehead atoms. The summed E-state index contributed by atoms with van der Waals surface area (Å²) in [6, 6.07) is 5.40. The van der Waals surface area contributed by atoms with Gasteiger partial charge in [-0.25, -0.2) is 4.39 Å². The van der Waals surface area contributed by atoms with E-state index in [4.69, 9.17) is 0 Å². The van der Waals surface area contributed by atoms with Crippen LogP contribution in [0.4, 0.5) is 4.39 Å².